The van der Waals surface area contributed by atoms with Crippen LogP contribution in [0.2, 0.25) is 0 Å². The molecule has 0 aliphatic heterocycles. The quantitative estimate of drug-likeness (QED) is 0.177. The van der Waals surface area contributed by atoms with E-state index in [9.17, 15) is 0 Å². The lowest BCUT2D eigenvalue weighted by Crippen LogP contribution is -2.28. The van der Waals surface area contributed by atoms with E-state index >= 15 is 0 Å². The molecular weight excluding hydrogens is 677 g/mol. The van der Waals surface area contributed by atoms with Gasteiger partial charge in [0, 0.05) is 22.1 Å². The van der Waals surface area contributed by atoms with E-state index in [0.29, 0.717) is 0 Å². The van der Waals surface area contributed by atoms with Crippen LogP contribution in [0, 0.1) is 0 Å². The summed E-state index contributed by atoms with van der Waals surface area (Å²) in [6.45, 7) is 0. The van der Waals surface area contributed by atoms with Gasteiger partial charge in [0.1, 0.15) is 0 Å². The fourth-order valence-electron chi connectivity index (χ4n) is 9.82. The smallest absolute Gasteiger partial charge is 0.160 e. The molecule has 0 amide bonds. The number of nitrogens with zero attached hydrogens (tertiary/aromatic N) is 2. The van der Waals surface area contributed by atoms with Gasteiger partial charge in [-0.25, -0.2) is 9.97 Å². The van der Waals surface area contributed by atoms with Gasteiger partial charge < -0.3 is 0 Å². The normalized spacial score (nSPS) is 14.2. The van der Waals surface area contributed by atoms with Crippen molar-refractivity contribution in [3.63, 3.8) is 0 Å². The molecule has 8 aromatic carbocycles. The monoisotopic (exact) mass is 716 g/mol. The molecule has 0 unspecified atom stereocenters. The molecule has 56 heavy (non-hydrogen) atoms. The zero-order valence-electron chi connectivity index (χ0n) is 31.3. The molecule has 1 aromatic heterocycles. The molecule has 1 fully saturated rings. The Morgan fingerprint density at radius 1 is 0.357 bits per heavy atom. The second-order valence-corrected chi connectivity index (χ2v) is 15.6. The van der Waals surface area contributed by atoms with E-state index in [0.717, 1.165) is 33.9 Å². The standard InChI is InChI=1S/C54H40N2/c1-4-15-36(16-5-1)37-25-27-38(28-26-37)50-35-51(56-53(55-50)39-17-6-2-7-18-39)45-30-29-44(42-21-10-11-22-43(42)45)46-23-14-24-48-52(46)47-33-40-19-8-9-20-41(40)34-49(47)54(48)31-12-3-13-32-54/h1-2,4-11,14-30,33-35H,3,12-13,31-32H2. The van der Waals surface area contributed by atoms with Crippen LogP contribution in [0.3, 0.4) is 0 Å². The summed E-state index contributed by atoms with van der Waals surface area (Å²) in [5.41, 5.74) is 15.9. The molecule has 266 valence electrons. The SMILES string of the molecule is c1ccc(-c2ccc(-c3cc(-c4ccc(-c5cccc6c5-c5cc7ccccc7cc5C65CCCCC5)c5ccccc45)nc(-c4ccccc4)n3)cc2)cc1. The molecule has 2 aliphatic carbocycles. The summed E-state index contributed by atoms with van der Waals surface area (Å²) in [4.78, 5) is 10.4. The van der Waals surface area contributed by atoms with Gasteiger partial charge in [-0.3, -0.25) is 0 Å². The molecule has 9 aromatic rings. The highest BCUT2D eigenvalue weighted by atomic mass is 14.9. The van der Waals surface area contributed by atoms with Crippen LogP contribution in [0.15, 0.2) is 182 Å². The Morgan fingerprint density at radius 2 is 0.946 bits per heavy atom. The van der Waals surface area contributed by atoms with Crippen molar-refractivity contribution in [2.45, 2.75) is 37.5 Å². The fourth-order valence-corrected chi connectivity index (χ4v) is 9.82. The summed E-state index contributed by atoms with van der Waals surface area (Å²) < 4.78 is 0. The highest BCUT2D eigenvalue weighted by Gasteiger charge is 2.44. The molecule has 1 saturated carbocycles. The molecule has 2 aliphatic rings. The summed E-state index contributed by atoms with van der Waals surface area (Å²) >= 11 is 0. The van der Waals surface area contributed by atoms with E-state index in [1.165, 1.54) is 98.2 Å². The number of benzene rings is 8. The molecule has 11 rings (SSSR count). The number of fused-ring (bicyclic) bond motifs is 7. The van der Waals surface area contributed by atoms with Crippen LogP contribution in [-0.4, -0.2) is 9.97 Å². The topological polar surface area (TPSA) is 25.8 Å². The van der Waals surface area contributed by atoms with Crippen molar-refractivity contribution in [2.75, 3.05) is 0 Å². The first-order valence-corrected chi connectivity index (χ1v) is 20.0. The molecule has 0 bridgehead atoms. The zero-order chi connectivity index (χ0) is 37.1. The van der Waals surface area contributed by atoms with E-state index in [4.69, 9.17) is 9.97 Å². The predicted octanol–water partition coefficient (Wildman–Crippen LogP) is 14.3. The van der Waals surface area contributed by atoms with Crippen LogP contribution in [0.4, 0.5) is 0 Å². The summed E-state index contributed by atoms with van der Waals surface area (Å²) in [5, 5.41) is 5.07. The van der Waals surface area contributed by atoms with Crippen molar-refractivity contribution in [3.8, 4) is 67.3 Å². The third kappa shape index (κ3) is 5.32. The third-order valence-corrected chi connectivity index (χ3v) is 12.5. The summed E-state index contributed by atoms with van der Waals surface area (Å²) in [6, 6.07) is 66.3. The summed E-state index contributed by atoms with van der Waals surface area (Å²) in [5.74, 6) is 0.723. The van der Waals surface area contributed by atoms with Gasteiger partial charge in [0.25, 0.3) is 0 Å². The van der Waals surface area contributed by atoms with Crippen molar-refractivity contribution in [3.05, 3.63) is 193 Å². The molecule has 0 radical (unpaired) electrons. The van der Waals surface area contributed by atoms with Crippen molar-refractivity contribution in [2.24, 2.45) is 0 Å². The van der Waals surface area contributed by atoms with Crippen LogP contribution in [0.5, 0.6) is 0 Å². The summed E-state index contributed by atoms with van der Waals surface area (Å²) in [7, 11) is 0. The Labute approximate surface area is 328 Å². The number of hydrogen-bond acceptors (Lipinski definition) is 2. The average Bonchev–Trinajstić information content (AvgIpc) is 3.53. The van der Waals surface area contributed by atoms with Gasteiger partial charge in [-0.2, -0.15) is 0 Å². The second-order valence-electron chi connectivity index (χ2n) is 15.6. The molecule has 1 spiro atoms. The van der Waals surface area contributed by atoms with Gasteiger partial charge >= 0.3 is 0 Å². The lowest BCUT2D eigenvalue weighted by atomic mass is 9.67. The van der Waals surface area contributed by atoms with Crippen LogP contribution in [-0.2, 0) is 5.41 Å². The predicted molar refractivity (Wildman–Crippen MR) is 234 cm³/mol. The first-order valence-electron chi connectivity index (χ1n) is 20.0. The Morgan fingerprint density at radius 3 is 1.70 bits per heavy atom. The Kier molecular flexibility index (Phi) is 7.77. The maximum absolute atomic E-state index is 5.28. The van der Waals surface area contributed by atoms with Gasteiger partial charge in [0.15, 0.2) is 5.82 Å². The van der Waals surface area contributed by atoms with Crippen LogP contribution >= 0.6 is 0 Å². The number of hydrogen-bond donors (Lipinski definition) is 0. The molecule has 2 nitrogen and oxygen atoms in total. The van der Waals surface area contributed by atoms with Gasteiger partial charge in [0.05, 0.1) is 11.4 Å². The molecule has 0 atom stereocenters. The molecule has 0 N–H and O–H groups in total. The average molecular weight is 717 g/mol. The van der Waals surface area contributed by atoms with Crippen LogP contribution in [0.1, 0.15) is 43.2 Å². The minimum atomic E-state index is 0.0726. The van der Waals surface area contributed by atoms with E-state index in [1.54, 1.807) is 0 Å². The first kappa shape index (κ1) is 32.8. The van der Waals surface area contributed by atoms with E-state index < -0.39 is 0 Å². The van der Waals surface area contributed by atoms with Crippen molar-refractivity contribution < 1.29 is 0 Å². The van der Waals surface area contributed by atoms with Crippen molar-refractivity contribution >= 4 is 21.5 Å². The van der Waals surface area contributed by atoms with Gasteiger partial charge in [-0.15, -0.1) is 0 Å². The lowest BCUT2D eigenvalue weighted by molar-refractivity contribution is 0.353. The molecular formula is C54H40N2. The van der Waals surface area contributed by atoms with Crippen molar-refractivity contribution in [1.29, 1.82) is 0 Å². The third-order valence-electron chi connectivity index (χ3n) is 12.5. The van der Waals surface area contributed by atoms with Crippen LogP contribution < -0.4 is 0 Å². The Hall–Kier alpha value is -6.64. The van der Waals surface area contributed by atoms with E-state index in [2.05, 4.69) is 176 Å². The minimum Gasteiger partial charge on any atom is -0.228 e. The summed E-state index contributed by atoms with van der Waals surface area (Å²) in [6.07, 6.45) is 6.29. The Balaban J connectivity index is 1.09. The number of rotatable bonds is 5. The maximum Gasteiger partial charge on any atom is 0.160 e. The van der Waals surface area contributed by atoms with E-state index in [1.807, 2.05) is 6.07 Å². The minimum absolute atomic E-state index is 0.0726. The largest absolute Gasteiger partial charge is 0.228 e. The van der Waals surface area contributed by atoms with Gasteiger partial charge in [-0.1, -0.05) is 183 Å². The highest BCUT2D eigenvalue weighted by molar-refractivity contribution is 6.08. The van der Waals surface area contributed by atoms with Crippen LogP contribution in [0.25, 0.3) is 88.8 Å². The zero-order valence-corrected chi connectivity index (χ0v) is 31.3. The fraction of sp³-hybridized carbons (Fsp3) is 0.111. The van der Waals surface area contributed by atoms with Gasteiger partial charge in [-0.05, 0) is 97.1 Å². The number of aromatic nitrogens is 2. The molecule has 1 heterocycles. The molecule has 0 saturated heterocycles. The lowest BCUT2D eigenvalue weighted by Gasteiger charge is -2.36. The second kappa shape index (κ2) is 13.3. The molecule has 2 heteroatoms. The van der Waals surface area contributed by atoms with E-state index in [-0.39, 0.29) is 5.41 Å². The highest BCUT2D eigenvalue weighted by Crippen LogP contribution is 2.59. The maximum atomic E-state index is 5.28. The Bertz CT molecular complexity index is 2920. The first-order chi connectivity index (χ1) is 27.7. The van der Waals surface area contributed by atoms with Gasteiger partial charge in [0.2, 0.25) is 0 Å². The van der Waals surface area contributed by atoms with Crippen molar-refractivity contribution in [1.82, 2.24) is 9.97 Å².